The van der Waals surface area contributed by atoms with Crippen molar-refractivity contribution in [2.24, 2.45) is 7.05 Å². The van der Waals surface area contributed by atoms with Gasteiger partial charge in [0.15, 0.2) is 11.0 Å². The SMILES string of the molecule is CCOC(=O)c1ccc(NC(=O)CSc2nnc(COc3cccc(C(F)(F)F)c3)n2C)cc1. The number of alkyl halides is 3. The number of carbonyl (C=O) groups excluding carboxylic acids is 2. The molecule has 34 heavy (non-hydrogen) atoms. The molecule has 8 nitrogen and oxygen atoms in total. The third-order valence-corrected chi connectivity index (χ3v) is 5.49. The fourth-order valence-corrected chi connectivity index (χ4v) is 3.47. The minimum absolute atomic E-state index is 0.0418. The molecule has 3 aromatic rings. The van der Waals surface area contributed by atoms with E-state index in [1.807, 2.05) is 0 Å². The second-order valence-electron chi connectivity index (χ2n) is 6.91. The van der Waals surface area contributed by atoms with E-state index in [-0.39, 0.29) is 30.6 Å². The first-order valence-corrected chi connectivity index (χ1v) is 11.0. The molecule has 1 N–H and O–H groups in total. The number of anilines is 1. The number of ether oxygens (including phenoxy) is 2. The van der Waals surface area contributed by atoms with Gasteiger partial charge in [0.1, 0.15) is 12.4 Å². The average Bonchev–Trinajstić information content (AvgIpc) is 3.16. The van der Waals surface area contributed by atoms with Gasteiger partial charge in [-0.05, 0) is 49.4 Å². The van der Waals surface area contributed by atoms with Crippen molar-refractivity contribution in [2.45, 2.75) is 24.9 Å². The van der Waals surface area contributed by atoms with Crippen LogP contribution in [0.4, 0.5) is 18.9 Å². The van der Waals surface area contributed by atoms with Gasteiger partial charge < -0.3 is 19.4 Å². The van der Waals surface area contributed by atoms with Crippen LogP contribution < -0.4 is 10.1 Å². The van der Waals surface area contributed by atoms with Gasteiger partial charge in [0, 0.05) is 12.7 Å². The highest BCUT2D eigenvalue weighted by Gasteiger charge is 2.30. The molecule has 2 aromatic carbocycles. The Morgan fingerprint density at radius 3 is 2.53 bits per heavy atom. The van der Waals surface area contributed by atoms with Crippen LogP contribution in [0.2, 0.25) is 0 Å². The molecule has 0 fully saturated rings. The van der Waals surface area contributed by atoms with E-state index < -0.39 is 17.7 Å². The number of amides is 1. The van der Waals surface area contributed by atoms with E-state index in [1.54, 1.807) is 42.8 Å². The van der Waals surface area contributed by atoms with Gasteiger partial charge in [0.25, 0.3) is 0 Å². The van der Waals surface area contributed by atoms with Gasteiger partial charge in [0.2, 0.25) is 5.91 Å². The predicted molar refractivity (Wildman–Crippen MR) is 119 cm³/mol. The van der Waals surface area contributed by atoms with E-state index in [1.165, 1.54) is 12.1 Å². The molecule has 0 radical (unpaired) electrons. The van der Waals surface area contributed by atoms with Gasteiger partial charge in [-0.1, -0.05) is 17.8 Å². The van der Waals surface area contributed by atoms with Crippen LogP contribution in [0, 0.1) is 0 Å². The molecule has 0 unspecified atom stereocenters. The van der Waals surface area contributed by atoms with E-state index in [4.69, 9.17) is 9.47 Å². The van der Waals surface area contributed by atoms with Crippen molar-refractivity contribution >= 4 is 29.3 Å². The molecule has 3 rings (SSSR count). The van der Waals surface area contributed by atoms with Crippen LogP contribution in [0.15, 0.2) is 53.7 Å². The number of aromatic nitrogens is 3. The number of hydrogen-bond donors (Lipinski definition) is 1. The van der Waals surface area contributed by atoms with Crippen LogP contribution in [0.5, 0.6) is 5.75 Å². The first-order valence-electron chi connectivity index (χ1n) is 10.1. The number of benzene rings is 2. The zero-order chi connectivity index (χ0) is 24.7. The number of hydrogen-bond acceptors (Lipinski definition) is 7. The van der Waals surface area contributed by atoms with Gasteiger partial charge in [0.05, 0.1) is 23.5 Å². The molecular weight excluding hydrogens is 473 g/mol. The van der Waals surface area contributed by atoms with Crippen molar-refractivity contribution in [3.05, 3.63) is 65.5 Å². The Bertz CT molecular complexity index is 1150. The molecule has 1 aromatic heterocycles. The number of esters is 1. The summed E-state index contributed by atoms with van der Waals surface area (Å²) in [4.78, 5) is 23.9. The summed E-state index contributed by atoms with van der Waals surface area (Å²) >= 11 is 1.14. The lowest BCUT2D eigenvalue weighted by molar-refractivity contribution is -0.137. The molecule has 1 heterocycles. The zero-order valence-corrected chi connectivity index (χ0v) is 19.1. The summed E-state index contributed by atoms with van der Waals surface area (Å²) in [6, 6.07) is 10.9. The van der Waals surface area contributed by atoms with Crippen molar-refractivity contribution in [3.8, 4) is 5.75 Å². The summed E-state index contributed by atoms with van der Waals surface area (Å²) in [6.07, 6.45) is -4.46. The van der Waals surface area contributed by atoms with Crippen LogP contribution in [0.1, 0.15) is 28.7 Å². The molecule has 0 saturated carbocycles. The van der Waals surface area contributed by atoms with E-state index in [2.05, 4.69) is 15.5 Å². The zero-order valence-electron chi connectivity index (χ0n) is 18.3. The molecule has 0 aliphatic rings. The molecule has 0 bridgehead atoms. The normalized spacial score (nSPS) is 11.2. The number of nitrogens with one attached hydrogen (secondary N) is 1. The Balaban J connectivity index is 1.51. The second kappa shape index (κ2) is 11.1. The highest BCUT2D eigenvalue weighted by Crippen LogP contribution is 2.31. The number of rotatable bonds is 9. The van der Waals surface area contributed by atoms with E-state index >= 15 is 0 Å². The van der Waals surface area contributed by atoms with Crippen molar-refractivity contribution in [3.63, 3.8) is 0 Å². The van der Waals surface area contributed by atoms with E-state index in [0.29, 0.717) is 22.2 Å². The maximum absolute atomic E-state index is 12.8. The third-order valence-electron chi connectivity index (χ3n) is 4.47. The van der Waals surface area contributed by atoms with Crippen LogP contribution in [0.3, 0.4) is 0 Å². The van der Waals surface area contributed by atoms with Crippen molar-refractivity contribution < 1.29 is 32.2 Å². The maximum Gasteiger partial charge on any atom is 0.416 e. The van der Waals surface area contributed by atoms with Crippen LogP contribution in [-0.4, -0.2) is 39.0 Å². The Hall–Kier alpha value is -3.54. The smallest absolute Gasteiger partial charge is 0.416 e. The van der Waals surface area contributed by atoms with Gasteiger partial charge in [-0.15, -0.1) is 10.2 Å². The fraction of sp³-hybridized carbons (Fsp3) is 0.273. The molecule has 12 heteroatoms. The highest BCUT2D eigenvalue weighted by atomic mass is 32.2. The van der Waals surface area contributed by atoms with Crippen LogP contribution >= 0.6 is 11.8 Å². The molecule has 180 valence electrons. The van der Waals surface area contributed by atoms with Crippen molar-refractivity contribution in [2.75, 3.05) is 17.7 Å². The summed E-state index contributed by atoms with van der Waals surface area (Å²) in [5.74, 6) is -0.250. The summed E-state index contributed by atoms with van der Waals surface area (Å²) in [5.41, 5.74) is 0.0979. The summed E-state index contributed by atoms with van der Waals surface area (Å²) < 4.78 is 50.4. The summed E-state index contributed by atoms with van der Waals surface area (Å²) in [5, 5.41) is 11.1. The lowest BCUT2D eigenvalue weighted by Crippen LogP contribution is -2.15. The van der Waals surface area contributed by atoms with Crippen molar-refractivity contribution in [1.82, 2.24) is 14.8 Å². The fourth-order valence-electron chi connectivity index (χ4n) is 2.74. The summed E-state index contributed by atoms with van der Waals surface area (Å²) in [6.45, 7) is 1.90. The van der Waals surface area contributed by atoms with Crippen LogP contribution in [-0.2, 0) is 29.4 Å². The van der Waals surface area contributed by atoms with E-state index in [9.17, 15) is 22.8 Å². The largest absolute Gasteiger partial charge is 0.486 e. The van der Waals surface area contributed by atoms with E-state index in [0.717, 1.165) is 23.9 Å². The monoisotopic (exact) mass is 494 g/mol. The highest BCUT2D eigenvalue weighted by molar-refractivity contribution is 7.99. The number of halogens is 3. The van der Waals surface area contributed by atoms with Gasteiger partial charge in [-0.25, -0.2) is 4.79 Å². The molecule has 0 spiro atoms. The second-order valence-corrected chi connectivity index (χ2v) is 7.85. The lowest BCUT2D eigenvalue weighted by atomic mass is 10.2. The molecule has 0 atom stereocenters. The van der Waals surface area contributed by atoms with Crippen molar-refractivity contribution in [1.29, 1.82) is 0 Å². The lowest BCUT2D eigenvalue weighted by Gasteiger charge is -2.10. The third kappa shape index (κ3) is 6.73. The molecule has 0 saturated heterocycles. The van der Waals surface area contributed by atoms with Gasteiger partial charge in [-0.2, -0.15) is 13.2 Å². The first kappa shape index (κ1) is 25.1. The number of thioether (sulfide) groups is 1. The molecular formula is C22H21F3N4O4S. The summed E-state index contributed by atoms with van der Waals surface area (Å²) in [7, 11) is 1.67. The topological polar surface area (TPSA) is 95.3 Å². The molecule has 0 aliphatic carbocycles. The number of nitrogens with zero attached hydrogens (tertiary/aromatic N) is 3. The standard InChI is InChI=1S/C22H21F3N4O4S/c1-3-32-20(31)14-7-9-16(10-8-14)26-19(30)13-34-21-28-27-18(29(21)2)12-33-17-6-4-5-15(11-17)22(23,24)25/h4-11H,3,12-13H2,1-2H3,(H,26,30). The molecule has 0 aliphatic heterocycles. The maximum atomic E-state index is 12.8. The Morgan fingerprint density at radius 2 is 1.85 bits per heavy atom. The first-order chi connectivity index (χ1) is 16.2. The van der Waals surface area contributed by atoms with Gasteiger partial charge >= 0.3 is 12.1 Å². The van der Waals surface area contributed by atoms with Crippen LogP contribution in [0.25, 0.3) is 0 Å². The Morgan fingerprint density at radius 1 is 1.12 bits per heavy atom. The number of carbonyl (C=O) groups is 2. The average molecular weight is 494 g/mol. The minimum atomic E-state index is -4.46. The minimum Gasteiger partial charge on any atom is -0.486 e. The molecule has 1 amide bonds. The van der Waals surface area contributed by atoms with Gasteiger partial charge in [-0.3, -0.25) is 4.79 Å². The Kier molecular flexibility index (Phi) is 8.16. The quantitative estimate of drug-likeness (QED) is 0.350. The Labute approximate surface area is 197 Å². The predicted octanol–water partition coefficient (Wildman–Crippen LogP) is 4.32.